The molecule has 6 aromatic rings. The molecule has 202 valence electrons. The molecule has 0 aliphatic rings. The van der Waals surface area contributed by atoms with Gasteiger partial charge < -0.3 is 11.5 Å². The fourth-order valence-corrected chi connectivity index (χ4v) is 7.73. The van der Waals surface area contributed by atoms with Gasteiger partial charge in [0.15, 0.2) is 0 Å². The van der Waals surface area contributed by atoms with E-state index in [0.29, 0.717) is 0 Å². The molecular formula is C34H34N4S2. The van der Waals surface area contributed by atoms with E-state index in [-0.39, 0.29) is 0 Å². The van der Waals surface area contributed by atoms with Crippen molar-refractivity contribution in [1.82, 2.24) is 9.97 Å². The molecule has 2 aromatic heterocycles. The molecule has 0 atom stereocenters. The Hall–Kier alpha value is -3.48. The highest BCUT2D eigenvalue weighted by Crippen LogP contribution is 2.37. The SMILES string of the molecule is Nc1ccc2c(SCCCCCCCCSc3c4ccccc4nc4cc(N)ccc34)c3ccccc3nc2c1. The number of anilines is 2. The fourth-order valence-electron chi connectivity index (χ4n) is 5.31. The van der Waals surface area contributed by atoms with E-state index in [9.17, 15) is 0 Å². The second-order valence-corrected chi connectivity index (χ2v) is 12.5. The van der Waals surface area contributed by atoms with E-state index < -0.39 is 0 Å². The third kappa shape index (κ3) is 5.84. The first-order valence-corrected chi connectivity index (χ1v) is 16.1. The second kappa shape index (κ2) is 12.4. The highest BCUT2D eigenvalue weighted by Gasteiger charge is 2.11. The summed E-state index contributed by atoms with van der Waals surface area (Å²) in [5.74, 6) is 2.24. The van der Waals surface area contributed by atoms with Crippen molar-refractivity contribution in [2.45, 2.75) is 48.3 Å². The molecule has 4 aromatic carbocycles. The Morgan fingerprint density at radius 3 is 1.32 bits per heavy atom. The predicted molar refractivity (Wildman–Crippen MR) is 176 cm³/mol. The van der Waals surface area contributed by atoms with Crippen molar-refractivity contribution < 1.29 is 0 Å². The van der Waals surface area contributed by atoms with Crippen LogP contribution in [0.5, 0.6) is 0 Å². The molecule has 0 aliphatic carbocycles. The number of fused-ring (bicyclic) bond motifs is 4. The molecule has 2 heterocycles. The maximum atomic E-state index is 6.04. The molecule has 4 nitrogen and oxygen atoms in total. The van der Waals surface area contributed by atoms with Crippen LogP contribution in [-0.4, -0.2) is 21.5 Å². The van der Waals surface area contributed by atoms with Gasteiger partial charge >= 0.3 is 0 Å². The molecule has 40 heavy (non-hydrogen) atoms. The van der Waals surface area contributed by atoms with Gasteiger partial charge in [0, 0.05) is 42.7 Å². The molecule has 0 saturated carbocycles. The van der Waals surface area contributed by atoms with Gasteiger partial charge in [-0.1, -0.05) is 62.1 Å². The maximum absolute atomic E-state index is 6.04. The highest BCUT2D eigenvalue weighted by atomic mass is 32.2. The van der Waals surface area contributed by atoms with Gasteiger partial charge in [0.1, 0.15) is 0 Å². The van der Waals surface area contributed by atoms with Gasteiger partial charge in [0.25, 0.3) is 0 Å². The molecule has 6 rings (SSSR count). The van der Waals surface area contributed by atoms with Crippen LogP contribution in [0.2, 0.25) is 0 Å². The van der Waals surface area contributed by atoms with E-state index in [1.54, 1.807) is 0 Å². The van der Waals surface area contributed by atoms with Gasteiger partial charge in [-0.25, -0.2) is 9.97 Å². The molecule has 0 radical (unpaired) electrons. The van der Waals surface area contributed by atoms with Crippen molar-refractivity contribution in [1.29, 1.82) is 0 Å². The number of unbranched alkanes of at least 4 members (excludes halogenated alkanes) is 5. The van der Waals surface area contributed by atoms with Crippen LogP contribution < -0.4 is 11.5 Å². The predicted octanol–water partition coefficient (Wildman–Crippen LogP) is 9.48. The van der Waals surface area contributed by atoms with Crippen molar-refractivity contribution >= 4 is 78.5 Å². The number of hydrogen-bond donors (Lipinski definition) is 2. The third-order valence-corrected chi connectivity index (χ3v) is 9.79. The Morgan fingerprint density at radius 2 is 0.850 bits per heavy atom. The number of para-hydroxylation sites is 2. The van der Waals surface area contributed by atoms with E-state index in [1.807, 2.05) is 47.8 Å². The lowest BCUT2D eigenvalue weighted by Crippen LogP contribution is -1.92. The van der Waals surface area contributed by atoms with E-state index in [2.05, 4.69) is 60.7 Å². The Balaban J connectivity index is 0.978. The Morgan fingerprint density at radius 1 is 0.450 bits per heavy atom. The van der Waals surface area contributed by atoms with Crippen LogP contribution in [0.4, 0.5) is 11.4 Å². The summed E-state index contributed by atoms with van der Waals surface area (Å²) in [6, 6.07) is 29.1. The first kappa shape index (κ1) is 26.7. The molecule has 0 spiro atoms. The molecule has 0 aliphatic heterocycles. The van der Waals surface area contributed by atoms with Crippen LogP contribution in [0.1, 0.15) is 38.5 Å². The summed E-state index contributed by atoms with van der Waals surface area (Å²) in [5.41, 5.74) is 17.6. The van der Waals surface area contributed by atoms with E-state index >= 15 is 0 Å². The van der Waals surface area contributed by atoms with Crippen molar-refractivity contribution in [3.05, 3.63) is 84.9 Å². The molecule has 0 saturated heterocycles. The van der Waals surface area contributed by atoms with Crippen molar-refractivity contribution in [2.24, 2.45) is 0 Å². The zero-order chi connectivity index (χ0) is 27.3. The van der Waals surface area contributed by atoms with Gasteiger partial charge in [-0.05, 0) is 72.9 Å². The van der Waals surface area contributed by atoms with Crippen LogP contribution >= 0.6 is 23.5 Å². The number of nitrogen functional groups attached to an aromatic ring is 2. The van der Waals surface area contributed by atoms with Crippen LogP contribution in [0.25, 0.3) is 43.6 Å². The smallest absolute Gasteiger partial charge is 0.0741 e. The largest absolute Gasteiger partial charge is 0.399 e. The van der Waals surface area contributed by atoms with Gasteiger partial charge in [-0.15, -0.1) is 23.5 Å². The molecule has 0 amide bonds. The van der Waals surface area contributed by atoms with E-state index in [0.717, 1.165) is 44.9 Å². The highest BCUT2D eigenvalue weighted by molar-refractivity contribution is 8.00. The van der Waals surface area contributed by atoms with Gasteiger partial charge in [-0.2, -0.15) is 0 Å². The van der Waals surface area contributed by atoms with Crippen molar-refractivity contribution in [3.63, 3.8) is 0 Å². The lowest BCUT2D eigenvalue weighted by Gasteiger charge is -2.11. The molecule has 0 unspecified atom stereocenters. The number of nitrogens with zero attached hydrogens (tertiary/aromatic N) is 2. The van der Waals surface area contributed by atoms with Crippen LogP contribution in [0.3, 0.4) is 0 Å². The Kier molecular flexibility index (Phi) is 8.26. The summed E-state index contributed by atoms with van der Waals surface area (Å²) in [5, 5.41) is 4.88. The average molecular weight is 563 g/mol. The number of nitrogens with two attached hydrogens (primary N) is 2. The Labute approximate surface area is 243 Å². The zero-order valence-electron chi connectivity index (χ0n) is 22.6. The van der Waals surface area contributed by atoms with Crippen LogP contribution in [0.15, 0.2) is 94.7 Å². The van der Waals surface area contributed by atoms with Gasteiger partial charge in [-0.3, -0.25) is 0 Å². The zero-order valence-corrected chi connectivity index (χ0v) is 24.2. The quantitative estimate of drug-likeness (QED) is 0.0708. The fraction of sp³-hybridized carbons (Fsp3) is 0.235. The monoisotopic (exact) mass is 562 g/mol. The Bertz CT molecular complexity index is 1670. The average Bonchev–Trinajstić information content (AvgIpc) is 2.96. The number of aromatic nitrogens is 2. The lowest BCUT2D eigenvalue weighted by atomic mass is 10.1. The summed E-state index contributed by atoms with van der Waals surface area (Å²) in [6.07, 6.45) is 7.58. The summed E-state index contributed by atoms with van der Waals surface area (Å²) in [4.78, 5) is 12.3. The number of thioether (sulfide) groups is 2. The molecule has 0 fully saturated rings. The first-order valence-electron chi connectivity index (χ1n) is 14.1. The lowest BCUT2D eigenvalue weighted by molar-refractivity contribution is 0.629. The summed E-state index contributed by atoms with van der Waals surface area (Å²) < 4.78 is 0. The third-order valence-electron chi connectivity index (χ3n) is 7.34. The van der Waals surface area contributed by atoms with Crippen molar-refractivity contribution in [3.8, 4) is 0 Å². The number of benzene rings is 4. The molecule has 6 heteroatoms. The standard InChI is InChI=1S/C34H34N4S2/c35-23-15-17-27-31(21-23)37-29-13-7-5-11-25(29)33(27)39-19-9-3-1-2-4-10-20-40-34-26-12-6-8-14-30(26)38-32-22-24(36)16-18-28(32)34/h5-8,11-18,21-22H,1-4,9-10,19-20,35-36H2. The molecule has 0 bridgehead atoms. The second-order valence-electron chi connectivity index (χ2n) is 10.3. The number of rotatable bonds is 11. The maximum Gasteiger partial charge on any atom is 0.0741 e. The molecule has 4 N–H and O–H groups in total. The summed E-state index contributed by atoms with van der Waals surface area (Å²) >= 11 is 3.92. The minimum Gasteiger partial charge on any atom is -0.399 e. The van der Waals surface area contributed by atoms with Crippen LogP contribution in [0, 0.1) is 0 Å². The minimum atomic E-state index is 0.761. The number of hydrogen-bond acceptors (Lipinski definition) is 6. The topological polar surface area (TPSA) is 77.8 Å². The first-order chi connectivity index (χ1) is 19.7. The normalized spacial score (nSPS) is 11.7. The summed E-state index contributed by atoms with van der Waals surface area (Å²) in [7, 11) is 0. The van der Waals surface area contributed by atoms with Crippen LogP contribution in [-0.2, 0) is 0 Å². The van der Waals surface area contributed by atoms with Gasteiger partial charge in [0.2, 0.25) is 0 Å². The van der Waals surface area contributed by atoms with Crippen molar-refractivity contribution in [2.75, 3.05) is 23.0 Å². The van der Waals surface area contributed by atoms with Gasteiger partial charge in [0.05, 0.1) is 22.1 Å². The summed E-state index contributed by atoms with van der Waals surface area (Å²) in [6.45, 7) is 0. The molecular weight excluding hydrogens is 529 g/mol. The number of pyridine rings is 2. The van der Waals surface area contributed by atoms with E-state index in [4.69, 9.17) is 21.4 Å². The minimum absolute atomic E-state index is 0.761. The van der Waals surface area contributed by atoms with E-state index in [1.165, 1.54) is 69.9 Å².